The molecule has 1 aromatic rings. The van der Waals surface area contributed by atoms with E-state index in [4.69, 9.17) is 0 Å². The number of carbonyl (C=O) groups excluding carboxylic acids is 1. The summed E-state index contributed by atoms with van der Waals surface area (Å²) in [4.78, 5) is 16.6. The lowest BCUT2D eigenvalue weighted by Crippen LogP contribution is -2.47. The van der Waals surface area contributed by atoms with E-state index in [0.29, 0.717) is 18.2 Å². The first-order chi connectivity index (χ1) is 10.3. The lowest BCUT2D eigenvalue weighted by molar-refractivity contribution is -0.132. The molecule has 1 aromatic carbocycles. The van der Waals surface area contributed by atoms with Crippen molar-refractivity contribution in [3.8, 4) is 0 Å². The molecule has 2 aliphatic rings. The van der Waals surface area contributed by atoms with Gasteiger partial charge in [-0.1, -0.05) is 30.3 Å². The molecule has 3 rings (SSSR count). The Balaban J connectivity index is 0.00000176. The maximum absolute atomic E-state index is 12.2. The fraction of sp³-hybridized carbons (Fsp3) is 0.588. The molecule has 2 saturated heterocycles. The number of carbonyl (C=O) groups is 1. The fourth-order valence-corrected chi connectivity index (χ4v) is 3.36. The summed E-state index contributed by atoms with van der Waals surface area (Å²) in [6.45, 7) is 6.73. The van der Waals surface area contributed by atoms with E-state index >= 15 is 0 Å². The van der Waals surface area contributed by atoms with Gasteiger partial charge >= 0.3 is 0 Å². The van der Waals surface area contributed by atoms with E-state index in [1.165, 1.54) is 12.0 Å². The first-order valence-electron chi connectivity index (χ1n) is 8.09. The van der Waals surface area contributed by atoms with Crippen molar-refractivity contribution < 1.29 is 4.79 Å². The van der Waals surface area contributed by atoms with E-state index in [9.17, 15) is 4.79 Å². The number of hydrogen-bond donors (Lipinski definition) is 1. The Hall–Kier alpha value is -1.10. The number of hydrogen-bond acceptors (Lipinski definition) is 3. The van der Waals surface area contributed by atoms with Crippen molar-refractivity contribution >= 4 is 18.3 Å². The van der Waals surface area contributed by atoms with Gasteiger partial charge in [-0.15, -0.1) is 12.4 Å². The van der Waals surface area contributed by atoms with Gasteiger partial charge in [0.15, 0.2) is 0 Å². The highest BCUT2D eigenvalue weighted by molar-refractivity contribution is 5.85. The number of likely N-dealkylation sites (tertiary alicyclic amines) is 1. The SMILES string of the molecule is Cl.O=C(CCN1CCC(c2ccccc2)C1)N1CCNCC1. The molecule has 2 aliphatic heterocycles. The minimum absolute atomic E-state index is 0. The molecule has 0 saturated carbocycles. The van der Waals surface area contributed by atoms with E-state index in [0.717, 1.165) is 45.8 Å². The standard InChI is InChI=1S/C17H25N3O.ClH/c21-17(20-12-8-18-9-13-20)7-11-19-10-6-16(14-19)15-4-2-1-3-5-15;/h1-5,16,18H,6-14H2;1H. The average molecular weight is 324 g/mol. The Kier molecular flexibility index (Phi) is 6.68. The summed E-state index contributed by atoms with van der Waals surface area (Å²) in [5.74, 6) is 0.958. The largest absolute Gasteiger partial charge is 0.340 e. The summed E-state index contributed by atoms with van der Waals surface area (Å²) in [6.07, 6.45) is 1.88. The summed E-state index contributed by atoms with van der Waals surface area (Å²) in [5.41, 5.74) is 1.44. The van der Waals surface area contributed by atoms with Gasteiger partial charge in [0.2, 0.25) is 5.91 Å². The van der Waals surface area contributed by atoms with Crippen LogP contribution in [0.15, 0.2) is 30.3 Å². The Morgan fingerprint density at radius 3 is 2.59 bits per heavy atom. The van der Waals surface area contributed by atoms with Crippen LogP contribution in [0.2, 0.25) is 0 Å². The number of nitrogens with one attached hydrogen (secondary N) is 1. The second kappa shape index (κ2) is 8.51. The fourth-order valence-electron chi connectivity index (χ4n) is 3.36. The van der Waals surface area contributed by atoms with Crippen molar-refractivity contribution in [3.05, 3.63) is 35.9 Å². The van der Waals surface area contributed by atoms with Gasteiger partial charge in [0.05, 0.1) is 0 Å². The van der Waals surface area contributed by atoms with E-state index < -0.39 is 0 Å². The van der Waals surface area contributed by atoms with Crippen molar-refractivity contribution in [3.63, 3.8) is 0 Å². The van der Waals surface area contributed by atoms with Gasteiger partial charge in [-0.25, -0.2) is 0 Å². The van der Waals surface area contributed by atoms with Crippen LogP contribution in [0.3, 0.4) is 0 Å². The molecule has 1 unspecified atom stereocenters. The molecular formula is C17H26ClN3O. The second-order valence-electron chi connectivity index (χ2n) is 6.08. The summed E-state index contributed by atoms with van der Waals surface area (Å²) in [5, 5.41) is 3.29. The lowest BCUT2D eigenvalue weighted by atomic mass is 9.99. The summed E-state index contributed by atoms with van der Waals surface area (Å²) in [6, 6.07) is 10.8. The monoisotopic (exact) mass is 323 g/mol. The maximum Gasteiger partial charge on any atom is 0.223 e. The zero-order valence-electron chi connectivity index (χ0n) is 13.0. The molecule has 4 nitrogen and oxygen atoms in total. The molecule has 2 fully saturated rings. The van der Waals surface area contributed by atoms with Gasteiger partial charge in [0.25, 0.3) is 0 Å². The van der Waals surface area contributed by atoms with Crippen LogP contribution in [-0.2, 0) is 4.79 Å². The van der Waals surface area contributed by atoms with E-state index in [-0.39, 0.29) is 12.4 Å². The number of piperazine rings is 1. The third-order valence-electron chi connectivity index (χ3n) is 4.65. The van der Waals surface area contributed by atoms with Gasteiger partial charge in [-0.3, -0.25) is 4.79 Å². The molecule has 5 heteroatoms. The van der Waals surface area contributed by atoms with Gasteiger partial charge < -0.3 is 15.1 Å². The number of halogens is 1. The van der Waals surface area contributed by atoms with E-state index in [1.807, 2.05) is 4.90 Å². The molecule has 2 heterocycles. The van der Waals surface area contributed by atoms with Crippen LogP contribution in [0.25, 0.3) is 0 Å². The highest BCUT2D eigenvalue weighted by atomic mass is 35.5. The molecule has 1 amide bonds. The van der Waals surface area contributed by atoms with Crippen LogP contribution in [0.5, 0.6) is 0 Å². The number of benzene rings is 1. The summed E-state index contributed by atoms with van der Waals surface area (Å²) < 4.78 is 0. The quantitative estimate of drug-likeness (QED) is 0.916. The molecule has 122 valence electrons. The van der Waals surface area contributed by atoms with Crippen LogP contribution < -0.4 is 5.32 Å². The zero-order chi connectivity index (χ0) is 14.5. The highest BCUT2D eigenvalue weighted by Crippen LogP contribution is 2.26. The van der Waals surface area contributed by atoms with Gasteiger partial charge in [0.1, 0.15) is 0 Å². The molecule has 22 heavy (non-hydrogen) atoms. The predicted octanol–water partition coefficient (Wildman–Crippen LogP) is 1.72. The summed E-state index contributed by atoms with van der Waals surface area (Å²) >= 11 is 0. The molecule has 0 aliphatic carbocycles. The second-order valence-corrected chi connectivity index (χ2v) is 6.08. The average Bonchev–Trinajstić information content (AvgIpc) is 3.03. The van der Waals surface area contributed by atoms with Crippen LogP contribution in [0, 0.1) is 0 Å². The van der Waals surface area contributed by atoms with Gasteiger partial charge in [0, 0.05) is 45.7 Å². The zero-order valence-corrected chi connectivity index (χ0v) is 13.9. The Morgan fingerprint density at radius 1 is 1.14 bits per heavy atom. The third kappa shape index (κ3) is 4.45. The van der Waals surface area contributed by atoms with Gasteiger partial charge in [-0.2, -0.15) is 0 Å². The lowest BCUT2D eigenvalue weighted by Gasteiger charge is -2.28. The Bertz CT molecular complexity index is 462. The van der Waals surface area contributed by atoms with Crippen molar-refractivity contribution in [2.24, 2.45) is 0 Å². The first-order valence-corrected chi connectivity index (χ1v) is 8.09. The summed E-state index contributed by atoms with van der Waals surface area (Å²) in [7, 11) is 0. The normalized spacial score (nSPS) is 22.4. The molecule has 0 bridgehead atoms. The topological polar surface area (TPSA) is 35.6 Å². The minimum Gasteiger partial charge on any atom is -0.340 e. The molecule has 0 aromatic heterocycles. The van der Waals surface area contributed by atoms with Crippen molar-refractivity contribution in [1.29, 1.82) is 0 Å². The van der Waals surface area contributed by atoms with Crippen LogP contribution >= 0.6 is 12.4 Å². The molecule has 1 N–H and O–H groups in total. The van der Waals surface area contributed by atoms with Crippen LogP contribution in [0.4, 0.5) is 0 Å². The van der Waals surface area contributed by atoms with Crippen molar-refractivity contribution in [2.45, 2.75) is 18.8 Å². The Morgan fingerprint density at radius 2 is 1.86 bits per heavy atom. The molecule has 0 spiro atoms. The number of rotatable bonds is 4. The Labute approximate surface area is 139 Å². The van der Waals surface area contributed by atoms with Crippen LogP contribution in [-0.4, -0.2) is 61.5 Å². The predicted molar refractivity (Wildman–Crippen MR) is 91.6 cm³/mol. The van der Waals surface area contributed by atoms with E-state index in [1.54, 1.807) is 0 Å². The molecule has 1 atom stereocenters. The number of amides is 1. The van der Waals surface area contributed by atoms with Gasteiger partial charge in [-0.05, 0) is 24.4 Å². The number of nitrogens with zero attached hydrogens (tertiary/aromatic N) is 2. The third-order valence-corrected chi connectivity index (χ3v) is 4.65. The van der Waals surface area contributed by atoms with Crippen LogP contribution in [0.1, 0.15) is 24.3 Å². The molecular weight excluding hydrogens is 298 g/mol. The molecule has 0 radical (unpaired) electrons. The maximum atomic E-state index is 12.2. The highest BCUT2D eigenvalue weighted by Gasteiger charge is 2.24. The first kappa shape index (κ1) is 17.3. The minimum atomic E-state index is 0. The smallest absolute Gasteiger partial charge is 0.223 e. The van der Waals surface area contributed by atoms with Crippen molar-refractivity contribution in [2.75, 3.05) is 45.8 Å². The van der Waals surface area contributed by atoms with E-state index in [2.05, 4.69) is 40.5 Å². The van der Waals surface area contributed by atoms with Crippen molar-refractivity contribution in [1.82, 2.24) is 15.1 Å².